The van der Waals surface area contributed by atoms with E-state index in [1.165, 1.54) is 29.7 Å². The van der Waals surface area contributed by atoms with Gasteiger partial charge in [-0.1, -0.05) is 34.1 Å². The lowest BCUT2D eigenvalue weighted by Crippen LogP contribution is -2.24. The SMILES string of the molecule is Brc1ccccc1-c1cn[nH]c1CC1CCCN1. The van der Waals surface area contributed by atoms with Gasteiger partial charge in [-0.2, -0.15) is 5.10 Å². The zero-order chi connectivity index (χ0) is 12.4. The molecule has 3 rings (SSSR count). The van der Waals surface area contributed by atoms with Crippen molar-refractivity contribution in [1.29, 1.82) is 0 Å². The van der Waals surface area contributed by atoms with Gasteiger partial charge in [-0.05, 0) is 31.0 Å². The molecule has 2 heterocycles. The molecule has 2 N–H and O–H groups in total. The van der Waals surface area contributed by atoms with Crippen molar-refractivity contribution in [2.75, 3.05) is 6.54 Å². The molecule has 18 heavy (non-hydrogen) atoms. The van der Waals surface area contributed by atoms with E-state index in [9.17, 15) is 0 Å². The van der Waals surface area contributed by atoms with Gasteiger partial charge in [-0.15, -0.1) is 0 Å². The van der Waals surface area contributed by atoms with Crippen molar-refractivity contribution in [3.63, 3.8) is 0 Å². The summed E-state index contributed by atoms with van der Waals surface area (Å²) < 4.78 is 1.12. The molecule has 1 aliphatic heterocycles. The van der Waals surface area contributed by atoms with Crippen LogP contribution < -0.4 is 5.32 Å². The topological polar surface area (TPSA) is 40.7 Å². The van der Waals surface area contributed by atoms with E-state index in [4.69, 9.17) is 0 Å². The molecule has 0 aliphatic carbocycles. The molecule has 94 valence electrons. The summed E-state index contributed by atoms with van der Waals surface area (Å²) in [7, 11) is 0. The van der Waals surface area contributed by atoms with E-state index >= 15 is 0 Å². The van der Waals surface area contributed by atoms with Crippen LogP contribution in [0.15, 0.2) is 34.9 Å². The molecule has 1 aliphatic rings. The van der Waals surface area contributed by atoms with Crippen molar-refractivity contribution in [3.05, 3.63) is 40.6 Å². The highest BCUT2D eigenvalue weighted by atomic mass is 79.9. The molecule has 1 fully saturated rings. The number of nitrogens with zero attached hydrogens (tertiary/aromatic N) is 1. The molecule has 4 heteroatoms. The lowest BCUT2D eigenvalue weighted by Gasteiger charge is -2.10. The largest absolute Gasteiger partial charge is 0.314 e. The van der Waals surface area contributed by atoms with Gasteiger partial charge >= 0.3 is 0 Å². The number of rotatable bonds is 3. The van der Waals surface area contributed by atoms with Crippen LogP contribution in [0.4, 0.5) is 0 Å². The van der Waals surface area contributed by atoms with Crippen LogP contribution in [0.3, 0.4) is 0 Å². The standard InChI is InChI=1S/C14H16BrN3/c15-13-6-2-1-5-11(13)12-9-17-18-14(12)8-10-4-3-7-16-10/h1-2,5-6,9-10,16H,3-4,7-8H2,(H,17,18). The molecule has 1 unspecified atom stereocenters. The summed E-state index contributed by atoms with van der Waals surface area (Å²) in [5.41, 5.74) is 3.64. The van der Waals surface area contributed by atoms with Crippen LogP contribution in [-0.2, 0) is 6.42 Å². The third kappa shape index (κ3) is 2.35. The Labute approximate surface area is 115 Å². The number of nitrogens with one attached hydrogen (secondary N) is 2. The summed E-state index contributed by atoms with van der Waals surface area (Å²) in [5, 5.41) is 10.9. The van der Waals surface area contributed by atoms with Crippen LogP contribution >= 0.6 is 15.9 Å². The molecule has 0 spiro atoms. The molecule has 2 aromatic rings. The Hall–Kier alpha value is -1.13. The van der Waals surface area contributed by atoms with Gasteiger partial charge in [0, 0.05) is 28.2 Å². The average molecular weight is 306 g/mol. The number of aromatic amines is 1. The highest BCUT2D eigenvalue weighted by Gasteiger charge is 2.18. The van der Waals surface area contributed by atoms with Crippen molar-refractivity contribution in [3.8, 4) is 11.1 Å². The summed E-state index contributed by atoms with van der Waals surface area (Å²) in [4.78, 5) is 0. The molecule has 3 nitrogen and oxygen atoms in total. The number of hydrogen-bond donors (Lipinski definition) is 2. The molecule has 1 atom stereocenters. The summed E-state index contributed by atoms with van der Waals surface area (Å²) in [5.74, 6) is 0. The van der Waals surface area contributed by atoms with Crippen LogP contribution in [0.5, 0.6) is 0 Å². The van der Waals surface area contributed by atoms with Gasteiger partial charge in [0.1, 0.15) is 0 Å². The fourth-order valence-electron chi connectivity index (χ4n) is 2.56. The van der Waals surface area contributed by atoms with Crippen molar-refractivity contribution in [2.24, 2.45) is 0 Å². The van der Waals surface area contributed by atoms with Crippen LogP contribution in [0.25, 0.3) is 11.1 Å². The molecule has 0 bridgehead atoms. The maximum absolute atomic E-state index is 4.21. The van der Waals surface area contributed by atoms with Gasteiger partial charge in [0.05, 0.1) is 6.20 Å². The number of aromatic nitrogens is 2. The summed E-state index contributed by atoms with van der Waals surface area (Å²) in [6.45, 7) is 1.14. The van der Waals surface area contributed by atoms with Crippen molar-refractivity contribution < 1.29 is 0 Å². The lowest BCUT2D eigenvalue weighted by molar-refractivity contribution is 0.595. The maximum Gasteiger partial charge on any atom is 0.0569 e. The predicted octanol–water partition coefficient (Wildman–Crippen LogP) is 3.13. The van der Waals surface area contributed by atoms with E-state index < -0.39 is 0 Å². The van der Waals surface area contributed by atoms with Gasteiger partial charge in [-0.25, -0.2) is 0 Å². The van der Waals surface area contributed by atoms with E-state index in [-0.39, 0.29) is 0 Å². The molecule has 0 radical (unpaired) electrons. The fraction of sp³-hybridized carbons (Fsp3) is 0.357. The van der Waals surface area contributed by atoms with E-state index in [0.717, 1.165) is 17.4 Å². The number of H-pyrrole nitrogens is 1. The minimum absolute atomic E-state index is 0.590. The summed E-state index contributed by atoms with van der Waals surface area (Å²) >= 11 is 3.61. The first-order valence-corrected chi connectivity index (χ1v) is 7.14. The van der Waals surface area contributed by atoms with Crippen LogP contribution in [0.2, 0.25) is 0 Å². The summed E-state index contributed by atoms with van der Waals surface area (Å²) in [6, 6.07) is 8.88. The normalized spacial score (nSPS) is 19.3. The Bertz CT molecular complexity index is 529. The van der Waals surface area contributed by atoms with Gasteiger partial charge in [0.15, 0.2) is 0 Å². The van der Waals surface area contributed by atoms with Crippen molar-refractivity contribution in [2.45, 2.75) is 25.3 Å². The zero-order valence-electron chi connectivity index (χ0n) is 10.1. The first-order chi connectivity index (χ1) is 8.84. The van der Waals surface area contributed by atoms with E-state index in [1.54, 1.807) is 0 Å². The van der Waals surface area contributed by atoms with Crippen LogP contribution in [0, 0.1) is 0 Å². The first kappa shape index (κ1) is 11.9. The third-order valence-electron chi connectivity index (χ3n) is 3.50. The highest BCUT2D eigenvalue weighted by molar-refractivity contribution is 9.10. The average Bonchev–Trinajstić information content (AvgIpc) is 3.02. The smallest absolute Gasteiger partial charge is 0.0569 e. The third-order valence-corrected chi connectivity index (χ3v) is 4.19. The van der Waals surface area contributed by atoms with Gasteiger partial charge in [0.25, 0.3) is 0 Å². The van der Waals surface area contributed by atoms with Crippen LogP contribution in [-0.4, -0.2) is 22.8 Å². The highest BCUT2D eigenvalue weighted by Crippen LogP contribution is 2.30. The number of halogens is 1. The Morgan fingerprint density at radius 3 is 2.94 bits per heavy atom. The molecule has 0 amide bonds. The summed E-state index contributed by atoms with van der Waals surface area (Å²) in [6.07, 6.45) is 5.48. The molecule has 0 saturated carbocycles. The zero-order valence-corrected chi connectivity index (χ0v) is 11.7. The monoisotopic (exact) mass is 305 g/mol. The minimum Gasteiger partial charge on any atom is -0.314 e. The quantitative estimate of drug-likeness (QED) is 0.914. The second kappa shape index (κ2) is 5.24. The molecule has 1 aromatic carbocycles. The first-order valence-electron chi connectivity index (χ1n) is 6.35. The molecule has 1 aromatic heterocycles. The predicted molar refractivity (Wildman–Crippen MR) is 76.5 cm³/mol. The van der Waals surface area contributed by atoms with E-state index in [0.29, 0.717) is 6.04 Å². The second-order valence-corrected chi connectivity index (χ2v) is 5.59. The minimum atomic E-state index is 0.590. The van der Waals surface area contributed by atoms with Crippen LogP contribution in [0.1, 0.15) is 18.5 Å². The number of hydrogen-bond acceptors (Lipinski definition) is 2. The van der Waals surface area contributed by atoms with Crippen molar-refractivity contribution >= 4 is 15.9 Å². The Kier molecular flexibility index (Phi) is 3.48. The molecule has 1 saturated heterocycles. The van der Waals surface area contributed by atoms with Crippen molar-refractivity contribution in [1.82, 2.24) is 15.5 Å². The Morgan fingerprint density at radius 2 is 2.17 bits per heavy atom. The molecular formula is C14H16BrN3. The number of benzene rings is 1. The maximum atomic E-state index is 4.21. The van der Waals surface area contributed by atoms with E-state index in [1.807, 2.05) is 12.3 Å². The molecular weight excluding hydrogens is 290 g/mol. The Balaban J connectivity index is 1.89. The fourth-order valence-corrected chi connectivity index (χ4v) is 3.06. The Morgan fingerprint density at radius 1 is 1.28 bits per heavy atom. The van der Waals surface area contributed by atoms with E-state index in [2.05, 4.69) is 49.6 Å². The van der Waals surface area contributed by atoms with Gasteiger partial charge in [-0.3, -0.25) is 5.10 Å². The van der Waals surface area contributed by atoms with Gasteiger partial charge < -0.3 is 5.32 Å². The lowest BCUT2D eigenvalue weighted by atomic mass is 10.0. The van der Waals surface area contributed by atoms with Gasteiger partial charge in [0.2, 0.25) is 0 Å². The second-order valence-electron chi connectivity index (χ2n) is 4.74.